The van der Waals surface area contributed by atoms with Crippen LogP contribution >= 0.6 is 11.3 Å². The molecule has 2 heterocycles. The van der Waals surface area contributed by atoms with Gasteiger partial charge in [0, 0.05) is 5.69 Å². The van der Waals surface area contributed by atoms with Crippen molar-refractivity contribution in [2.75, 3.05) is 12.4 Å². The van der Waals surface area contributed by atoms with Gasteiger partial charge in [0.05, 0.1) is 13.2 Å². The normalized spacial score (nSPS) is 10.9. The van der Waals surface area contributed by atoms with Gasteiger partial charge in [-0.3, -0.25) is 4.79 Å². The molecule has 0 bridgehead atoms. The SMILES string of the molecule is COc1ccc(NC(=O)c2cc(=O)n3c([nH+]c4ccccc43)s2)cc1. The zero-order valence-electron chi connectivity index (χ0n) is 13.3. The van der Waals surface area contributed by atoms with Crippen LogP contribution in [0.1, 0.15) is 9.67 Å². The summed E-state index contributed by atoms with van der Waals surface area (Å²) < 4.78 is 6.67. The first-order valence-electron chi connectivity index (χ1n) is 7.58. The molecule has 0 fully saturated rings. The van der Waals surface area contributed by atoms with Crippen LogP contribution in [-0.4, -0.2) is 17.4 Å². The Morgan fingerprint density at radius 1 is 1.16 bits per heavy atom. The number of hydrogen-bond acceptors (Lipinski definition) is 4. The Bertz CT molecular complexity index is 1150. The van der Waals surface area contributed by atoms with Crippen molar-refractivity contribution < 1.29 is 14.5 Å². The van der Waals surface area contributed by atoms with E-state index < -0.39 is 0 Å². The van der Waals surface area contributed by atoms with Gasteiger partial charge in [-0.05, 0) is 47.7 Å². The van der Waals surface area contributed by atoms with Gasteiger partial charge >= 0.3 is 10.5 Å². The lowest BCUT2D eigenvalue weighted by Gasteiger charge is -2.05. The van der Waals surface area contributed by atoms with Crippen LogP contribution in [0.5, 0.6) is 5.75 Å². The number of ether oxygens (including phenoxy) is 1. The predicted molar refractivity (Wildman–Crippen MR) is 96.6 cm³/mol. The molecule has 2 N–H and O–H groups in total. The fourth-order valence-corrected chi connectivity index (χ4v) is 3.59. The summed E-state index contributed by atoms with van der Waals surface area (Å²) in [5.74, 6) is 0.381. The van der Waals surface area contributed by atoms with Crippen molar-refractivity contribution >= 4 is 38.9 Å². The Labute approximate surface area is 146 Å². The number of aromatic amines is 1. The molecule has 1 amide bonds. The Morgan fingerprint density at radius 3 is 2.68 bits per heavy atom. The molecule has 0 atom stereocenters. The summed E-state index contributed by atoms with van der Waals surface area (Å²) in [5.41, 5.74) is 2.03. The highest BCUT2D eigenvalue weighted by atomic mass is 32.1. The maximum Gasteiger partial charge on any atom is 0.348 e. The minimum absolute atomic E-state index is 0.244. The highest BCUT2D eigenvalue weighted by Gasteiger charge is 2.19. The summed E-state index contributed by atoms with van der Waals surface area (Å²) in [5, 5.41) is 2.79. The number of fused-ring (bicyclic) bond motifs is 3. The van der Waals surface area contributed by atoms with Crippen LogP contribution in [0.3, 0.4) is 0 Å². The summed E-state index contributed by atoms with van der Waals surface area (Å²) in [6.07, 6.45) is 0. The third kappa shape index (κ3) is 2.74. The Balaban J connectivity index is 1.71. The van der Waals surface area contributed by atoms with Crippen LogP contribution in [-0.2, 0) is 0 Å². The highest BCUT2D eigenvalue weighted by Crippen LogP contribution is 2.19. The van der Waals surface area contributed by atoms with Crippen LogP contribution < -0.4 is 20.6 Å². The summed E-state index contributed by atoms with van der Waals surface area (Å²) in [4.78, 5) is 29.1. The van der Waals surface area contributed by atoms with Gasteiger partial charge in [0.15, 0.2) is 11.0 Å². The molecule has 0 aliphatic rings. The van der Waals surface area contributed by atoms with E-state index in [0.717, 1.165) is 11.0 Å². The van der Waals surface area contributed by atoms with Gasteiger partial charge in [-0.2, -0.15) is 0 Å². The van der Waals surface area contributed by atoms with Gasteiger partial charge in [0.25, 0.3) is 5.91 Å². The van der Waals surface area contributed by atoms with E-state index in [-0.39, 0.29) is 11.5 Å². The lowest BCUT2D eigenvalue weighted by molar-refractivity contribution is -0.308. The largest absolute Gasteiger partial charge is 0.497 e. The smallest absolute Gasteiger partial charge is 0.348 e. The minimum Gasteiger partial charge on any atom is -0.497 e. The second-order valence-electron chi connectivity index (χ2n) is 5.41. The molecule has 0 saturated carbocycles. The molecule has 0 radical (unpaired) electrons. The lowest BCUT2D eigenvalue weighted by atomic mass is 10.3. The number of methoxy groups -OCH3 is 1. The number of imidazole rings is 1. The zero-order valence-corrected chi connectivity index (χ0v) is 14.1. The van der Waals surface area contributed by atoms with Gasteiger partial charge in [-0.15, -0.1) is 4.40 Å². The standard InChI is InChI=1S/C18H13N3O3S/c1-24-12-8-6-11(7-9-12)19-17(23)15-10-16(22)21-14-5-3-2-4-13(14)20-18(21)25-15/h2-10H,1H3,(H,19,23)/p+1. The molecule has 0 aliphatic carbocycles. The number of carbonyl (C=O) groups is 1. The second kappa shape index (κ2) is 6.03. The van der Waals surface area contributed by atoms with Crippen LogP contribution in [0.25, 0.3) is 16.0 Å². The van der Waals surface area contributed by atoms with Gasteiger partial charge < -0.3 is 10.1 Å². The number of nitrogens with one attached hydrogen (secondary N) is 2. The molecule has 25 heavy (non-hydrogen) atoms. The molecule has 124 valence electrons. The fourth-order valence-electron chi connectivity index (χ4n) is 2.63. The minimum atomic E-state index is -0.326. The maximum absolute atomic E-state index is 12.5. The molecule has 4 aromatic rings. The van der Waals surface area contributed by atoms with Crippen molar-refractivity contribution in [2.45, 2.75) is 0 Å². The molecule has 2 aromatic carbocycles. The Morgan fingerprint density at radius 2 is 1.92 bits per heavy atom. The van der Waals surface area contributed by atoms with Gasteiger partial charge in [-0.1, -0.05) is 12.1 Å². The molecular weight excluding hydrogens is 338 g/mol. The van der Waals surface area contributed by atoms with Crippen molar-refractivity contribution in [3.8, 4) is 5.75 Å². The molecule has 6 nitrogen and oxygen atoms in total. The Hall–Kier alpha value is -3.19. The average molecular weight is 352 g/mol. The third-order valence-corrected chi connectivity index (χ3v) is 4.84. The first kappa shape index (κ1) is 15.3. The number of H-pyrrole nitrogens is 1. The maximum atomic E-state index is 12.5. The molecule has 0 saturated heterocycles. The summed E-state index contributed by atoms with van der Waals surface area (Å²) >= 11 is 1.23. The molecule has 4 rings (SSSR count). The number of rotatable bonds is 3. The van der Waals surface area contributed by atoms with Gasteiger partial charge in [-0.25, -0.2) is 9.78 Å². The van der Waals surface area contributed by atoms with Crippen LogP contribution in [0.4, 0.5) is 5.69 Å². The molecule has 0 unspecified atom stereocenters. The highest BCUT2D eigenvalue weighted by molar-refractivity contribution is 7.18. The second-order valence-corrected chi connectivity index (χ2v) is 6.44. The number of nitrogens with zero attached hydrogens (tertiary/aromatic N) is 1. The van der Waals surface area contributed by atoms with E-state index >= 15 is 0 Å². The van der Waals surface area contributed by atoms with E-state index in [4.69, 9.17) is 4.74 Å². The first-order chi connectivity index (χ1) is 12.2. The third-order valence-electron chi connectivity index (χ3n) is 3.84. The van der Waals surface area contributed by atoms with E-state index in [1.165, 1.54) is 17.4 Å². The number of anilines is 1. The van der Waals surface area contributed by atoms with E-state index in [1.54, 1.807) is 35.8 Å². The van der Waals surface area contributed by atoms with Crippen molar-refractivity contribution in [2.24, 2.45) is 0 Å². The number of aromatic nitrogens is 2. The Kier molecular flexibility index (Phi) is 3.70. The number of hydrogen-bond donors (Lipinski definition) is 1. The van der Waals surface area contributed by atoms with Crippen molar-refractivity contribution in [1.82, 2.24) is 4.40 Å². The number of carbonyl (C=O) groups excluding carboxylic acids is 1. The van der Waals surface area contributed by atoms with Crippen LogP contribution in [0.2, 0.25) is 0 Å². The van der Waals surface area contributed by atoms with Crippen molar-refractivity contribution in [3.05, 3.63) is 69.8 Å². The molecule has 2 aromatic heterocycles. The van der Waals surface area contributed by atoms with Crippen molar-refractivity contribution in [1.29, 1.82) is 0 Å². The quantitative estimate of drug-likeness (QED) is 0.616. The van der Waals surface area contributed by atoms with Gasteiger partial charge in [0.1, 0.15) is 10.6 Å². The average Bonchev–Trinajstić information content (AvgIpc) is 3.01. The predicted octanol–water partition coefficient (Wildman–Crippen LogP) is 2.59. The lowest BCUT2D eigenvalue weighted by Crippen LogP contribution is -2.18. The molecular formula is C18H14N3O3S+. The van der Waals surface area contributed by atoms with Crippen LogP contribution in [0.15, 0.2) is 59.4 Å². The van der Waals surface area contributed by atoms with Crippen LogP contribution in [0, 0.1) is 0 Å². The van der Waals surface area contributed by atoms with Crippen molar-refractivity contribution in [3.63, 3.8) is 0 Å². The summed E-state index contributed by atoms with van der Waals surface area (Å²) in [6.45, 7) is 0. The van der Waals surface area contributed by atoms with E-state index in [0.29, 0.717) is 21.3 Å². The van der Waals surface area contributed by atoms with E-state index in [2.05, 4.69) is 10.3 Å². The summed E-state index contributed by atoms with van der Waals surface area (Å²) in [6, 6.07) is 15.9. The number of amides is 1. The number of benzene rings is 2. The molecule has 7 heteroatoms. The first-order valence-corrected chi connectivity index (χ1v) is 8.39. The molecule has 0 aliphatic heterocycles. The number of para-hydroxylation sites is 2. The fraction of sp³-hybridized carbons (Fsp3) is 0.0556. The van der Waals surface area contributed by atoms with E-state index in [9.17, 15) is 9.59 Å². The van der Waals surface area contributed by atoms with Gasteiger partial charge in [0.2, 0.25) is 0 Å². The summed E-state index contributed by atoms with van der Waals surface area (Å²) in [7, 11) is 1.58. The topological polar surface area (TPSA) is 74.0 Å². The zero-order chi connectivity index (χ0) is 17.4. The molecule has 0 spiro atoms. The monoisotopic (exact) mass is 352 g/mol. The van der Waals surface area contributed by atoms with E-state index in [1.807, 2.05) is 24.3 Å².